The topological polar surface area (TPSA) is 84.2 Å². The second kappa shape index (κ2) is 11.4. The largest absolute Gasteiger partial charge is 0.380 e. The molecule has 0 aliphatic heterocycles. The van der Waals surface area contributed by atoms with Gasteiger partial charge in [-0.05, 0) is 41.0 Å². The van der Waals surface area contributed by atoms with E-state index in [-0.39, 0.29) is 4.90 Å². The van der Waals surface area contributed by atoms with Gasteiger partial charge in [-0.25, -0.2) is 13.6 Å². The molecule has 34 heavy (non-hydrogen) atoms. The van der Waals surface area contributed by atoms with Crippen molar-refractivity contribution in [2.75, 3.05) is 5.32 Å². The smallest absolute Gasteiger partial charge is 0.239 e. The highest BCUT2D eigenvalue weighted by atomic mass is 32.2. The van der Waals surface area contributed by atoms with Gasteiger partial charge in [-0.2, -0.15) is 0 Å². The van der Waals surface area contributed by atoms with Crippen molar-refractivity contribution in [1.29, 1.82) is 0 Å². The van der Waals surface area contributed by atoms with Gasteiger partial charge < -0.3 is 10.6 Å². The first-order chi connectivity index (χ1) is 16.5. The van der Waals surface area contributed by atoms with E-state index in [4.69, 9.17) is 5.14 Å². The summed E-state index contributed by atoms with van der Waals surface area (Å²) in [6, 6.07) is 33.4. The zero-order valence-corrected chi connectivity index (χ0v) is 20.3. The van der Waals surface area contributed by atoms with Crippen LogP contribution in [0.3, 0.4) is 0 Å². The number of benzene rings is 4. The summed E-state index contributed by atoms with van der Waals surface area (Å²) in [5.74, 6) is 0. The van der Waals surface area contributed by atoms with Gasteiger partial charge >= 0.3 is 0 Å². The van der Waals surface area contributed by atoms with Crippen molar-refractivity contribution in [3.63, 3.8) is 0 Å². The molecule has 7 heteroatoms. The van der Waals surface area contributed by atoms with Crippen molar-refractivity contribution >= 4 is 27.5 Å². The van der Waals surface area contributed by atoms with Gasteiger partial charge in [-0.1, -0.05) is 90.6 Å². The molecule has 0 bridgehead atoms. The first-order valence-electron chi connectivity index (χ1n) is 10.9. The molecule has 4 rings (SSSR count). The Morgan fingerprint density at radius 2 is 1.21 bits per heavy atom. The molecule has 0 heterocycles. The van der Waals surface area contributed by atoms with Crippen LogP contribution >= 0.6 is 11.8 Å². The van der Waals surface area contributed by atoms with E-state index in [1.807, 2.05) is 84.9 Å². The Balaban J connectivity index is 1.66. The Kier molecular flexibility index (Phi) is 8.03. The maximum atomic E-state index is 12.6. The number of hydrogen-bond acceptors (Lipinski definition) is 5. The monoisotopic (exact) mass is 489 g/mol. The van der Waals surface area contributed by atoms with Crippen molar-refractivity contribution < 1.29 is 8.42 Å². The van der Waals surface area contributed by atoms with E-state index < -0.39 is 10.0 Å². The first-order valence-corrected chi connectivity index (χ1v) is 13.3. The van der Waals surface area contributed by atoms with Crippen molar-refractivity contribution in [3.8, 4) is 0 Å². The van der Waals surface area contributed by atoms with Gasteiger partial charge in [0.2, 0.25) is 10.0 Å². The Bertz CT molecular complexity index is 1310. The number of nitrogens with one attached hydrogen (secondary N) is 2. The molecule has 0 amide bonds. The molecule has 0 saturated heterocycles. The third kappa shape index (κ3) is 6.71. The Morgan fingerprint density at radius 1 is 0.676 bits per heavy atom. The fourth-order valence-electron chi connectivity index (χ4n) is 3.56. The number of anilines is 1. The summed E-state index contributed by atoms with van der Waals surface area (Å²) in [6.45, 7) is 1.75. The number of hydrogen-bond donors (Lipinski definition) is 3. The zero-order valence-electron chi connectivity index (χ0n) is 18.6. The lowest BCUT2D eigenvalue weighted by Gasteiger charge is -2.18. The standard InChI is InChI=1S/C27H27N3O2S2/c28-34(31,32)26-17-23(19-29-18-21-10-4-1-5-11-21)16-25(30-20-22-12-6-2-7-13-22)27(26)33-24-14-8-3-9-15-24/h1-17,29-30H,18-20H2,(H2,28,31,32). The molecule has 0 radical (unpaired) electrons. The highest BCUT2D eigenvalue weighted by Gasteiger charge is 2.20. The summed E-state index contributed by atoms with van der Waals surface area (Å²) in [5.41, 5.74) is 3.84. The minimum absolute atomic E-state index is 0.121. The molecule has 0 fully saturated rings. The minimum atomic E-state index is -3.95. The van der Waals surface area contributed by atoms with E-state index in [1.54, 1.807) is 6.07 Å². The molecule has 174 valence electrons. The number of rotatable bonds is 10. The molecule has 0 spiro atoms. The van der Waals surface area contributed by atoms with Crippen molar-refractivity contribution in [1.82, 2.24) is 5.32 Å². The summed E-state index contributed by atoms with van der Waals surface area (Å²) < 4.78 is 25.3. The lowest BCUT2D eigenvalue weighted by molar-refractivity contribution is 0.595. The normalized spacial score (nSPS) is 11.3. The third-order valence-electron chi connectivity index (χ3n) is 5.21. The second-order valence-corrected chi connectivity index (χ2v) is 10.5. The quantitative estimate of drug-likeness (QED) is 0.278. The van der Waals surface area contributed by atoms with Gasteiger partial charge in [0, 0.05) is 24.5 Å². The molecule has 0 saturated carbocycles. The van der Waals surface area contributed by atoms with Gasteiger partial charge in [0.15, 0.2) is 0 Å². The highest BCUT2D eigenvalue weighted by molar-refractivity contribution is 8.00. The SMILES string of the molecule is NS(=O)(=O)c1cc(CNCc2ccccc2)cc(NCc2ccccc2)c1Sc1ccccc1. The number of nitrogens with two attached hydrogens (primary N) is 1. The molecular formula is C27H27N3O2S2. The van der Waals surface area contributed by atoms with E-state index in [0.717, 1.165) is 27.3 Å². The van der Waals surface area contributed by atoms with E-state index >= 15 is 0 Å². The average molecular weight is 490 g/mol. The zero-order chi connectivity index (χ0) is 23.8. The van der Waals surface area contributed by atoms with Crippen molar-refractivity contribution in [2.24, 2.45) is 5.14 Å². The average Bonchev–Trinajstić information content (AvgIpc) is 2.85. The summed E-state index contributed by atoms with van der Waals surface area (Å²) in [6.07, 6.45) is 0. The summed E-state index contributed by atoms with van der Waals surface area (Å²) in [7, 11) is -3.95. The first kappa shape index (κ1) is 24.0. The third-order valence-corrected chi connectivity index (χ3v) is 7.43. The van der Waals surface area contributed by atoms with Crippen molar-refractivity contribution in [2.45, 2.75) is 34.3 Å². The van der Waals surface area contributed by atoms with Crippen LogP contribution in [0.5, 0.6) is 0 Å². The van der Waals surface area contributed by atoms with Gasteiger partial charge in [0.25, 0.3) is 0 Å². The molecule has 0 aliphatic carbocycles. The number of sulfonamides is 1. The van der Waals surface area contributed by atoms with E-state index in [1.165, 1.54) is 11.8 Å². The maximum absolute atomic E-state index is 12.6. The Morgan fingerprint density at radius 3 is 1.79 bits per heavy atom. The Labute approximate surface area is 205 Å². The fraction of sp³-hybridized carbons (Fsp3) is 0.111. The molecular weight excluding hydrogens is 462 g/mol. The lowest BCUT2D eigenvalue weighted by Crippen LogP contribution is -2.17. The van der Waals surface area contributed by atoms with Crippen LogP contribution in [0.15, 0.2) is 118 Å². The predicted octanol–water partition coefficient (Wildman–Crippen LogP) is 5.39. The summed E-state index contributed by atoms with van der Waals surface area (Å²) in [4.78, 5) is 1.65. The van der Waals surface area contributed by atoms with Crippen LogP contribution in [-0.4, -0.2) is 8.42 Å². The molecule has 5 nitrogen and oxygen atoms in total. The van der Waals surface area contributed by atoms with Gasteiger partial charge in [0.1, 0.15) is 0 Å². The van der Waals surface area contributed by atoms with Crippen LogP contribution in [0.1, 0.15) is 16.7 Å². The van der Waals surface area contributed by atoms with Crippen LogP contribution in [0.25, 0.3) is 0 Å². The van der Waals surface area contributed by atoms with E-state index in [2.05, 4.69) is 22.8 Å². The number of primary sulfonamides is 1. The van der Waals surface area contributed by atoms with E-state index in [0.29, 0.717) is 24.5 Å². The molecule has 0 unspecified atom stereocenters. The molecule has 0 aliphatic rings. The second-order valence-electron chi connectivity index (χ2n) is 7.86. The highest BCUT2D eigenvalue weighted by Crippen LogP contribution is 2.39. The van der Waals surface area contributed by atoms with Gasteiger partial charge in [-0.3, -0.25) is 0 Å². The minimum Gasteiger partial charge on any atom is -0.380 e. The van der Waals surface area contributed by atoms with Crippen LogP contribution in [0, 0.1) is 0 Å². The van der Waals surface area contributed by atoms with Crippen LogP contribution < -0.4 is 15.8 Å². The van der Waals surface area contributed by atoms with Gasteiger partial charge in [-0.15, -0.1) is 0 Å². The molecule has 0 aromatic heterocycles. The predicted molar refractivity (Wildman–Crippen MR) is 139 cm³/mol. The van der Waals surface area contributed by atoms with Crippen LogP contribution in [0.4, 0.5) is 5.69 Å². The van der Waals surface area contributed by atoms with Crippen LogP contribution in [-0.2, 0) is 29.7 Å². The summed E-state index contributed by atoms with van der Waals surface area (Å²) >= 11 is 1.39. The Hall–Kier alpha value is -3.10. The van der Waals surface area contributed by atoms with Gasteiger partial charge in [0.05, 0.1) is 15.5 Å². The van der Waals surface area contributed by atoms with E-state index in [9.17, 15) is 8.42 Å². The lowest BCUT2D eigenvalue weighted by atomic mass is 10.1. The molecule has 4 aromatic rings. The van der Waals surface area contributed by atoms with Crippen LogP contribution in [0.2, 0.25) is 0 Å². The maximum Gasteiger partial charge on any atom is 0.239 e. The summed E-state index contributed by atoms with van der Waals surface area (Å²) in [5, 5.41) is 12.5. The molecule has 0 atom stereocenters. The van der Waals surface area contributed by atoms with Crippen molar-refractivity contribution in [3.05, 3.63) is 120 Å². The molecule has 4 aromatic carbocycles. The fourth-order valence-corrected chi connectivity index (χ4v) is 5.64. The molecule has 4 N–H and O–H groups in total.